The van der Waals surface area contributed by atoms with Gasteiger partial charge in [-0.05, 0) is 56.5 Å². The Bertz CT molecular complexity index is 1810. The van der Waals surface area contributed by atoms with E-state index in [-0.39, 0.29) is 29.0 Å². The largest absolute Gasteiger partial charge is 0.434 e. The van der Waals surface area contributed by atoms with E-state index in [0.29, 0.717) is 53.1 Å². The van der Waals surface area contributed by atoms with Gasteiger partial charge in [-0.2, -0.15) is 19.1 Å². The molecule has 0 spiro atoms. The van der Waals surface area contributed by atoms with Crippen LogP contribution in [-0.2, 0) is 5.54 Å². The third-order valence-corrected chi connectivity index (χ3v) is 8.58. The Morgan fingerprint density at radius 1 is 1.24 bits per heavy atom. The first-order valence-electron chi connectivity index (χ1n) is 13.1. The van der Waals surface area contributed by atoms with E-state index in [9.17, 15) is 18.8 Å². The van der Waals surface area contributed by atoms with Crippen LogP contribution in [0.1, 0.15) is 71.1 Å². The van der Waals surface area contributed by atoms with Crippen molar-refractivity contribution in [3.63, 3.8) is 0 Å². The van der Waals surface area contributed by atoms with Gasteiger partial charge >= 0.3 is 6.61 Å². The second kappa shape index (κ2) is 8.50. The molecule has 2 unspecified atom stereocenters. The van der Waals surface area contributed by atoms with Crippen LogP contribution >= 0.6 is 0 Å². The van der Waals surface area contributed by atoms with Gasteiger partial charge in [0, 0.05) is 35.9 Å². The minimum atomic E-state index is -3.06. The van der Waals surface area contributed by atoms with Gasteiger partial charge in [0.1, 0.15) is 11.6 Å². The van der Waals surface area contributed by atoms with Crippen LogP contribution in [0.3, 0.4) is 0 Å². The molecule has 2 aliphatic carbocycles. The number of fused-ring (bicyclic) bond motifs is 9. The molecule has 41 heavy (non-hydrogen) atoms. The maximum Gasteiger partial charge on any atom is 0.387 e. The summed E-state index contributed by atoms with van der Waals surface area (Å²) in [5.41, 5.74) is 8.15. The van der Waals surface area contributed by atoms with Crippen molar-refractivity contribution in [1.29, 1.82) is 5.26 Å². The Kier molecular flexibility index (Phi) is 5.28. The lowest BCUT2D eigenvalue weighted by atomic mass is 9.58. The molecule has 1 amide bonds. The topological polar surface area (TPSA) is 122 Å². The van der Waals surface area contributed by atoms with Crippen molar-refractivity contribution in [3.8, 4) is 23.1 Å². The predicted molar refractivity (Wildman–Crippen MR) is 139 cm³/mol. The van der Waals surface area contributed by atoms with Gasteiger partial charge in [0.05, 0.1) is 45.8 Å². The third kappa shape index (κ3) is 3.65. The first-order chi connectivity index (χ1) is 19.5. The molecule has 12 heteroatoms. The van der Waals surface area contributed by atoms with E-state index in [2.05, 4.69) is 11.1 Å². The summed E-state index contributed by atoms with van der Waals surface area (Å²) < 4.78 is 48.5. The summed E-state index contributed by atoms with van der Waals surface area (Å²) in [5, 5.41) is 14.1. The zero-order chi connectivity index (χ0) is 28.8. The van der Waals surface area contributed by atoms with Gasteiger partial charge in [-0.3, -0.25) is 9.78 Å². The van der Waals surface area contributed by atoms with Crippen molar-refractivity contribution in [2.24, 2.45) is 11.1 Å². The van der Waals surface area contributed by atoms with Crippen LogP contribution in [0.4, 0.5) is 13.2 Å². The number of carbonyl (C=O) groups is 1. The number of hydrogen-bond donors (Lipinski definition) is 1. The third-order valence-electron chi connectivity index (χ3n) is 8.58. The fourth-order valence-corrected chi connectivity index (χ4v) is 6.89. The van der Waals surface area contributed by atoms with Crippen molar-refractivity contribution >= 4 is 11.6 Å². The molecule has 2 bridgehead atoms. The summed E-state index contributed by atoms with van der Waals surface area (Å²) in [6.45, 7) is -1.27. The molecule has 2 N–H and O–H groups in total. The van der Waals surface area contributed by atoms with Crippen LogP contribution in [0.15, 0.2) is 42.6 Å². The zero-order valence-corrected chi connectivity index (χ0v) is 22.1. The first-order valence-corrected chi connectivity index (χ1v) is 13.1. The number of nitrogens with zero attached hydrogens (tertiary/aromatic N) is 6. The van der Waals surface area contributed by atoms with Gasteiger partial charge in [-0.1, -0.05) is 6.07 Å². The molecule has 4 heterocycles. The molecule has 1 fully saturated rings. The molecule has 1 aromatic carbocycles. The highest BCUT2D eigenvalue weighted by molar-refractivity contribution is 5.98. The fourth-order valence-electron chi connectivity index (χ4n) is 6.89. The monoisotopic (exact) mass is 559 g/mol. The number of halogens is 3. The molecule has 7 rings (SSSR count). The highest BCUT2D eigenvalue weighted by Crippen LogP contribution is 2.53. The SMILES string of the molecule is CN1C(=O)c2cccc(OC(F)F)c2C2CC1c1nc3ccc(-c4cnc(C5(N)CC(C)(C#N)C5)c(F)c4)nn3c12. The maximum atomic E-state index is 15.3. The Balaban J connectivity index is 1.33. The van der Waals surface area contributed by atoms with Gasteiger partial charge in [0.25, 0.3) is 5.91 Å². The van der Waals surface area contributed by atoms with E-state index >= 15 is 4.39 Å². The summed E-state index contributed by atoms with van der Waals surface area (Å²) in [5.74, 6) is -1.44. The second-order valence-electron chi connectivity index (χ2n) is 11.4. The lowest BCUT2D eigenvalue weighted by Gasteiger charge is -2.48. The van der Waals surface area contributed by atoms with Crippen molar-refractivity contribution in [2.45, 2.75) is 50.3 Å². The minimum Gasteiger partial charge on any atom is -0.434 e. The number of rotatable bonds is 4. The van der Waals surface area contributed by atoms with Crippen molar-refractivity contribution in [1.82, 2.24) is 24.5 Å². The molecule has 9 nitrogen and oxygen atoms in total. The van der Waals surface area contributed by atoms with E-state index in [0.717, 1.165) is 0 Å². The van der Waals surface area contributed by atoms with E-state index < -0.39 is 29.3 Å². The maximum absolute atomic E-state index is 15.3. The van der Waals surface area contributed by atoms with Crippen LogP contribution in [0, 0.1) is 22.6 Å². The van der Waals surface area contributed by atoms with Crippen molar-refractivity contribution in [2.75, 3.05) is 7.05 Å². The fraction of sp³-hybridized carbons (Fsp3) is 0.345. The molecule has 208 valence electrons. The van der Waals surface area contributed by atoms with Crippen LogP contribution in [-0.4, -0.2) is 44.0 Å². The summed E-state index contributed by atoms with van der Waals surface area (Å²) in [6.07, 6.45) is 2.54. The highest BCUT2D eigenvalue weighted by atomic mass is 19.3. The number of alkyl halides is 2. The van der Waals surface area contributed by atoms with Gasteiger partial charge < -0.3 is 15.4 Å². The molecule has 1 saturated carbocycles. The summed E-state index contributed by atoms with van der Waals surface area (Å²) >= 11 is 0. The number of amides is 1. The molecule has 2 atom stereocenters. The van der Waals surface area contributed by atoms with E-state index in [1.165, 1.54) is 24.4 Å². The lowest BCUT2D eigenvalue weighted by Crippen LogP contribution is -2.54. The molecule has 3 aliphatic rings. The molecular formula is C29H24F3N7O2. The number of carbonyl (C=O) groups excluding carboxylic acids is 1. The van der Waals surface area contributed by atoms with Gasteiger partial charge in [-0.25, -0.2) is 13.9 Å². The number of nitriles is 1. The summed E-state index contributed by atoms with van der Waals surface area (Å²) in [6, 6.07) is 11.1. The van der Waals surface area contributed by atoms with Gasteiger partial charge in [0.15, 0.2) is 5.65 Å². The normalized spacial score (nSPS) is 26.4. The average Bonchev–Trinajstić information content (AvgIpc) is 3.44. The number of benzene rings is 1. The second-order valence-corrected chi connectivity index (χ2v) is 11.4. The Morgan fingerprint density at radius 2 is 2.02 bits per heavy atom. The van der Waals surface area contributed by atoms with Gasteiger partial charge in [0.2, 0.25) is 0 Å². The molecule has 0 radical (unpaired) electrons. The molecule has 0 saturated heterocycles. The summed E-state index contributed by atoms with van der Waals surface area (Å²) in [4.78, 5) is 24.0. The predicted octanol–water partition coefficient (Wildman–Crippen LogP) is 4.67. The Labute approximate surface area is 232 Å². The molecular weight excluding hydrogens is 535 g/mol. The Hall–Kier alpha value is -4.50. The molecule has 3 aromatic heterocycles. The van der Waals surface area contributed by atoms with E-state index in [1.807, 2.05) is 0 Å². The minimum absolute atomic E-state index is 0.0649. The van der Waals surface area contributed by atoms with Crippen molar-refractivity contribution < 1.29 is 22.7 Å². The number of aromatic nitrogens is 4. The van der Waals surface area contributed by atoms with E-state index in [4.69, 9.17) is 20.6 Å². The smallest absolute Gasteiger partial charge is 0.387 e. The lowest BCUT2D eigenvalue weighted by molar-refractivity contribution is -0.0506. The van der Waals surface area contributed by atoms with Crippen LogP contribution in [0.25, 0.3) is 16.9 Å². The highest BCUT2D eigenvalue weighted by Gasteiger charge is 2.53. The molecule has 4 aromatic rings. The number of nitrogens with two attached hydrogens (primary N) is 1. The summed E-state index contributed by atoms with van der Waals surface area (Å²) in [7, 11) is 1.67. The standard InChI is InChI=1S/C29H24F3N7O2/c1-28(13-33)11-29(34,12-28)25-17(30)8-14(10-35-25)18-6-7-21-36-23-19-9-16(24(23)39(21)37-18)22-15(26(40)38(19)2)4-3-5-20(22)41-27(31)32/h3-8,10,16,19,27H,9,11-12,34H2,1-2H3. The number of ether oxygens (including phenoxy) is 1. The number of pyridine rings is 1. The van der Waals surface area contributed by atoms with Crippen LogP contribution < -0.4 is 10.5 Å². The number of hydrogen-bond acceptors (Lipinski definition) is 7. The molecule has 1 aliphatic heterocycles. The zero-order valence-electron chi connectivity index (χ0n) is 22.1. The van der Waals surface area contributed by atoms with Crippen LogP contribution in [0.2, 0.25) is 0 Å². The number of imidazole rings is 1. The Morgan fingerprint density at radius 3 is 2.73 bits per heavy atom. The average molecular weight is 560 g/mol. The first kappa shape index (κ1) is 25.5. The van der Waals surface area contributed by atoms with E-state index in [1.54, 1.807) is 41.6 Å². The van der Waals surface area contributed by atoms with Crippen molar-refractivity contribution in [3.05, 3.63) is 76.6 Å². The van der Waals surface area contributed by atoms with Crippen LogP contribution in [0.5, 0.6) is 5.75 Å². The quantitative estimate of drug-likeness (QED) is 0.386. The van der Waals surface area contributed by atoms with Gasteiger partial charge in [-0.15, -0.1) is 0 Å².